The Hall–Kier alpha value is 0.430. The van der Waals surface area contributed by atoms with E-state index in [-0.39, 0.29) is 36.0 Å². The first-order chi connectivity index (χ1) is 6.22. The van der Waals surface area contributed by atoms with Crippen LogP contribution >= 0.6 is 0 Å². The topological polar surface area (TPSA) is 43.4 Å². The Kier molecular flexibility index (Phi) is 7.92. The molecule has 0 aromatic carbocycles. The number of likely N-dealkylation sites (tertiary alicyclic amines) is 1. The molecule has 0 spiro atoms. The summed E-state index contributed by atoms with van der Waals surface area (Å²) in [5.41, 5.74) is 0. The van der Waals surface area contributed by atoms with Gasteiger partial charge in [-0.2, -0.15) is 0 Å². The minimum Gasteiger partial charge on any atom is -0.550 e. The number of aliphatic carboxylic acids is 1. The molecule has 1 saturated heterocycles. The molecular formula is C10H18NNaO2. The molecule has 1 fully saturated rings. The molecule has 4 heteroatoms. The van der Waals surface area contributed by atoms with Crippen molar-refractivity contribution in [3.05, 3.63) is 0 Å². The fraction of sp³-hybridized carbons (Fsp3) is 0.900. The van der Waals surface area contributed by atoms with E-state index in [1.165, 1.54) is 19.3 Å². The maximum absolute atomic E-state index is 10.3. The van der Waals surface area contributed by atoms with Crippen LogP contribution in [0.5, 0.6) is 0 Å². The van der Waals surface area contributed by atoms with Gasteiger partial charge in [0.25, 0.3) is 0 Å². The molecule has 0 saturated carbocycles. The monoisotopic (exact) mass is 207 g/mol. The van der Waals surface area contributed by atoms with E-state index in [4.69, 9.17) is 0 Å². The summed E-state index contributed by atoms with van der Waals surface area (Å²) in [6.45, 7) is 5.00. The van der Waals surface area contributed by atoms with E-state index in [0.717, 1.165) is 19.0 Å². The predicted molar refractivity (Wildman–Crippen MR) is 49.1 cm³/mol. The molecule has 1 rings (SSSR count). The molecule has 0 N–H and O–H groups in total. The predicted octanol–water partition coefficient (Wildman–Crippen LogP) is -2.75. The van der Waals surface area contributed by atoms with Crippen LogP contribution in [0, 0.1) is 5.92 Å². The smallest absolute Gasteiger partial charge is 0.550 e. The van der Waals surface area contributed by atoms with Gasteiger partial charge in [0.1, 0.15) is 0 Å². The summed E-state index contributed by atoms with van der Waals surface area (Å²) in [4.78, 5) is 12.5. The Morgan fingerprint density at radius 1 is 1.57 bits per heavy atom. The molecule has 0 amide bonds. The second kappa shape index (κ2) is 7.69. The molecule has 0 aromatic heterocycles. The van der Waals surface area contributed by atoms with Gasteiger partial charge >= 0.3 is 29.6 Å². The van der Waals surface area contributed by atoms with Crippen molar-refractivity contribution < 1.29 is 39.5 Å². The number of carbonyl (C=O) groups excluding carboxylic acids is 1. The largest absolute Gasteiger partial charge is 1.00 e. The average molecular weight is 207 g/mol. The molecule has 0 radical (unpaired) electrons. The number of hydrogen-bond donors (Lipinski definition) is 0. The molecule has 3 nitrogen and oxygen atoms in total. The second-order valence-corrected chi connectivity index (χ2v) is 3.84. The zero-order chi connectivity index (χ0) is 9.68. The number of carbonyl (C=O) groups is 1. The molecule has 0 bridgehead atoms. The van der Waals surface area contributed by atoms with Crippen molar-refractivity contribution in [2.45, 2.75) is 32.6 Å². The van der Waals surface area contributed by atoms with Crippen molar-refractivity contribution in [2.75, 3.05) is 19.6 Å². The SMILES string of the molecule is CC[C@@H]1CCCN(CCC(=O)[O-])C1.[Na+]. The Bertz CT molecular complexity index is 176. The second-order valence-electron chi connectivity index (χ2n) is 3.84. The number of carboxylic acids is 1. The molecule has 0 aromatic rings. The summed E-state index contributed by atoms with van der Waals surface area (Å²) < 4.78 is 0. The van der Waals surface area contributed by atoms with Crippen LogP contribution in [-0.2, 0) is 4.79 Å². The van der Waals surface area contributed by atoms with E-state index in [0.29, 0.717) is 6.54 Å². The molecule has 1 atom stereocenters. The quantitative estimate of drug-likeness (QED) is 0.470. The molecule has 14 heavy (non-hydrogen) atoms. The van der Waals surface area contributed by atoms with Gasteiger partial charge < -0.3 is 14.8 Å². The Morgan fingerprint density at radius 2 is 2.29 bits per heavy atom. The third kappa shape index (κ3) is 5.35. The maximum atomic E-state index is 10.3. The van der Waals surface area contributed by atoms with Crippen LogP contribution in [-0.4, -0.2) is 30.5 Å². The Labute approximate surface area is 108 Å². The minimum absolute atomic E-state index is 0. The van der Waals surface area contributed by atoms with E-state index < -0.39 is 5.97 Å². The Morgan fingerprint density at radius 3 is 2.86 bits per heavy atom. The van der Waals surface area contributed by atoms with Crippen molar-refractivity contribution in [3.63, 3.8) is 0 Å². The molecule has 0 aliphatic carbocycles. The molecule has 1 aliphatic rings. The molecule has 1 heterocycles. The zero-order valence-corrected chi connectivity index (χ0v) is 11.3. The number of hydrogen-bond acceptors (Lipinski definition) is 3. The van der Waals surface area contributed by atoms with Crippen molar-refractivity contribution in [1.29, 1.82) is 0 Å². The van der Waals surface area contributed by atoms with Gasteiger partial charge in [0.05, 0.1) is 0 Å². The van der Waals surface area contributed by atoms with Crippen LogP contribution in [0.4, 0.5) is 0 Å². The first-order valence-electron chi connectivity index (χ1n) is 5.14. The summed E-state index contributed by atoms with van der Waals surface area (Å²) in [5, 5.41) is 10.3. The van der Waals surface area contributed by atoms with Crippen molar-refractivity contribution >= 4 is 5.97 Å². The summed E-state index contributed by atoms with van der Waals surface area (Å²) in [7, 11) is 0. The van der Waals surface area contributed by atoms with Gasteiger partial charge in [-0.05, 0) is 31.7 Å². The molecular weight excluding hydrogens is 189 g/mol. The molecule has 1 aliphatic heterocycles. The first kappa shape index (κ1) is 14.4. The number of piperidine rings is 1. The number of nitrogens with zero attached hydrogens (tertiary/aromatic N) is 1. The average Bonchev–Trinajstić information content (AvgIpc) is 2.15. The fourth-order valence-corrected chi connectivity index (χ4v) is 1.94. The van der Waals surface area contributed by atoms with E-state index >= 15 is 0 Å². The van der Waals surface area contributed by atoms with Crippen molar-refractivity contribution in [1.82, 2.24) is 4.90 Å². The minimum atomic E-state index is -0.932. The number of rotatable bonds is 4. The van der Waals surface area contributed by atoms with E-state index in [1.54, 1.807) is 0 Å². The van der Waals surface area contributed by atoms with Gasteiger partial charge in [0.2, 0.25) is 0 Å². The Balaban J connectivity index is 0.00000169. The maximum Gasteiger partial charge on any atom is 1.00 e. The standard InChI is InChI=1S/C10H19NO2.Na/c1-2-9-4-3-6-11(8-9)7-5-10(12)13;/h9H,2-8H2,1H3,(H,12,13);/q;+1/p-1/t9-;/m1./s1. The van der Waals surface area contributed by atoms with Gasteiger partial charge in [0, 0.05) is 19.1 Å². The van der Waals surface area contributed by atoms with Crippen LogP contribution in [0.15, 0.2) is 0 Å². The first-order valence-corrected chi connectivity index (χ1v) is 5.14. The normalized spacial score (nSPS) is 22.8. The van der Waals surface area contributed by atoms with Gasteiger partial charge in [-0.25, -0.2) is 0 Å². The van der Waals surface area contributed by atoms with Crippen molar-refractivity contribution in [2.24, 2.45) is 5.92 Å². The zero-order valence-electron chi connectivity index (χ0n) is 9.29. The van der Waals surface area contributed by atoms with Gasteiger partial charge in [-0.3, -0.25) is 0 Å². The third-order valence-corrected chi connectivity index (χ3v) is 2.81. The van der Waals surface area contributed by atoms with Crippen LogP contribution in [0.3, 0.4) is 0 Å². The summed E-state index contributed by atoms with van der Waals surface area (Å²) in [6.07, 6.45) is 3.90. The van der Waals surface area contributed by atoms with Crippen LogP contribution in [0.2, 0.25) is 0 Å². The summed E-state index contributed by atoms with van der Waals surface area (Å²) in [5.74, 6) is -0.158. The van der Waals surface area contributed by atoms with Gasteiger partial charge in [-0.15, -0.1) is 0 Å². The molecule has 0 unspecified atom stereocenters. The van der Waals surface area contributed by atoms with Crippen LogP contribution in [0.25, 0.3) is 0 Å². The molecule has 76 valence electrons. The van der Waals surface area contributed by atoms with Crippen LogP contribution < -0.4 is 34.7 Å². The number of carboxylic acid groups (broad SMARTS) is 1. The van der Waals surface area contributed by atoms with Gasteiger partial charge in [0.15, 0.2) is 0 Å². The van der Waals surface area contributed by atoms with E-state index in [2.05, 4.69) is 11.8 Å². The fourth-order valence-electron chi connectivity index (χ4n) is 1.94. The summed E-state index contributed by atoms with van der Waals surface area (Å²) in [6, 6.07) is 0. The van der Waals surface area contributed by atoms with E-state index in [9.17, 15) is 9.90 Å². The van der Waals surface area contributed by atoms with Gasteiger partial charge in [-0.1, -0.05) is 13.3 Å². The van der Waals surface area contributed by atoms with Crippen LogP contribution in [0.1, 0.15) is 32.6 Å². The third-order valence-electron chi connectivity index (χ3n) is 2.81. The van der Waals surface area contributed by atoms with E-state index in [1.807, 2.05) is 0 Å². The summed E-state index contributed by atoms with van der Waals surface area (Å²) >= 11 is 0. The van der Waals surface area contributed by atoms with Crippen molar-refractivity contribution in [3.8, 4) is 0 Å².